The second kappa shape index (κ2) is 7.84. The third-order valence-corrected chi connectivity index (χ3v) is 4.55. The van der Waals surface area contributed by atoms with Crippen LogP contribution in [0.15, 0.2) is 12.1 Å². The van der Waals surface area contributed by atoms with E-state index in [1.54, 1.807) is 21.9 Å². The fraction of sp³-hybridized carbons (Fsp3) is 0.579. The van der Waals surface area contributed by atoms with E-state index in [2.05, 4.69) is 0 Å². The first kappa shape index (κ1) is 19.6. The van der Waals surface area contributed by atoms with Crippen LogP contribution in [0.4, 0.5) is 4.79 Å². The Kier molecular flexibility index (Phi) is 5.69. The molecule has 1 aromatic carbocycles. The molecule has 2 aliphatic rings. The minimum atomic E-state index is -0.537. The third-order valence-electron chi connectivity index (χ3n) is 4.27. The van der Waals surface area contributed by atoms with E-state index in [1.165, 1.54) is 0 Å². The zero-order valence-electron chi connectivity index (χ0n) is 15.9. The van der Waals surface area contributed by atoms with Crippen LogP contribution >= 0.6 is 11.6 Å². The van der Waals surface area contributed by atoms with Gasteiger partial charge in [-0.1, -0.05) is 11.6 Å². The Morgan fingerprint density at radius 3 is 2.33 bits per heavy atom. The summed E-state index contributed by atoms with van der Waals surface area (Å²) in [5.41, 5.74) is -0.0833. The van der Waals surface area contributed by atoms with E-state index >= 15 is 0 Å². The number of nitrogens with zero attached hydrogens (tertiary/aromatic N) is 2. The lowest BCUT2D eigenvalue weighted by molar-refractivity contribution is 0.0141. The number of carbonyl (C=O) groups excluding carboxylic acids is 2. The summed E-state index contributed by atoms with van der Waals surface area (Å²) < 4.78 is 16.6. The van der Waals surface area contributed by atoms with E-state index in [0.717, 1.165) is 6.42 Å². The van der Waals surface area contributed by atoms with Crippen LogP contribution in [0.1, 0.15) is 37.6 Å². The van der Waals surface area contributed by atoms with Crippen molar-refractivity contribution in [1.82, 2.24) is 9.80 Å². The lowest BCUT2D eigenvalue weighted by atomic mass is 10.1. The van der Waals surface area contributed by atoms with Gasteiger partial charge in [0.15, 0.2) is 11.5 Å². The molecule has 3 rings (SSSR count). The van der Waals surface area contributed by atoms with Gasteiger partial charge in [-0.2, -0.15) is 0 Å². The fourth-order valence-electron chi connectivity index (χ4n) is 2.96. The number of hydrogen-bond donors (Lipinski definition) is 0. The van der Waals surface area contributed by atoms with Gasteiger partial charge >= 0.3 is 6.09 Å². The molecule has 2 aliphatic heterocycles. The second-order valence-electron chi connectivity index (χ2n) is 7.60. The number of halogens is 1. The van der Waals surface area contributed by atoms with Gasteiger partial charge in [0.2, 0.25) is 0 Å². The molecule has 0 aliphatic carbocycles. The molecule has 0 atom stereocenters. The summed E-state index contributed by atoms with van der Waals surface area (Å²) in [7, 11) is 0. The molecule has 0 radical (unpaired) electrons. The van der Waals surface area contributed by atoms with Crippen molar-refractivity contribution in [3.63, 3.8) is 0 Å². The molecule has 8 heteroatoms. The van der Waals surface area contributed by atoms with E-state index in [1.807, 2.05) is 20.8 Å². The van der Waals surface area contributed by atoms with Crippen LogP contribution in [0.3, 0.4) is 0 Å². The summed E-state index contributed by atoms with van der Waals surface area (Å²) in [5, 5.41) is 0.366. The highest BCUT2D eigenvalue weighted by Gasteiger charge is 2.29. The van der Waals surface area contributed by atoms with E-state index in [9.17, 15) is 9.59 Å². The summed E-state index contributed by atoms with van der Waals surface area (Å²) in [4.78, 5) is 28.3. The van der Waals surface area contributed by atoms with Crippen LogP contribution in [0.5, 0.6) is 11.5 Å². The largest absolute Gasteiger partial charge is 0.489 e. The van der Waals surface area contributed by atoms with Crippen molar-refractivity contribution in [2.45, 2.75) is 32.8 Å². The summed E-state index contributed by atoms with van der Waals surface area (Å²) in [6.07, 6.45) is 0.411. The Bertz CT molecular complexity index is 724. The number of piperazine rings is 1. The summed E-state index contributed by atoms with van der Waals surface area (Å²) >= 11 is 6.28. The predicted molar refractivity (Wildman–Crippen MR) is 101 cm³/mol. The van der Waals surface area contributed by atoms with Gasteiger partial charge in [0.05, 0.1) is 18.2 Å². The Labute approximate surface area is 164 Å². The first-order valence-corrected chi connectivity index (χ1v) is 9.49. The minimum absolute atomic E-state index is 0.142. The fourth-order valence-corrected chi connectivity index (χ4v) is 3.22. The highest BCUT2D eigenvalue weighted by molar-refractivity contribution is 6.32. The number of ether oxygens (including phenoxy) is 3. The zero-order valence-corrected chi connectivity index (χ0v) is 16.7. The van der Waals surface area contributed by atoms with Crippen molar-refractivity contribution < 1.29 is 23.8 Å². The van der Waals surface area contributed by atoms with Crippen LogP contribution in [0, 0.1) is 0 Å². The first-order valence-electron chi connectivity index (χ1n) is 9.11. The maximum absolute atomic E-state index is 12.9. The average molecular weight is 397 g/mol. The van der Waals surface area contributed by atoms with Crippen molar-refractivity contribution in [2.75, 3.05) is 39.4 Å². The molecule has 2 amide bonds. The lowest BCUT2D eigenvalue weighted by Crippen LogP contribution is -2.51. The van der Waals surface area contributed by atoms with Crippen LogP contribution < -0.4 is 9.47 Å². The van der Waals surface area contributed by atoms with Gasteiger partial charge in [-0.05, 0) is 32.9 Å². The van der Waals surface area contributed by atoms with Crippen molar-refractivity contribution in [3.8, 4) is 11.5 Å². The zero-order chi connectivity index (χ0) is 19.6. The molecular weight excluding hydrogens is 372 g/mol. The van der Waals surface area contributed by atoms with Gasteiger partial charge in [0.25, 0.3) is 5.91 Å². The molecule has 0 bridgehead atoms. The molecule has 27 heavy (non-hydrogen) atoms. The van der Waals surface area contributed by atoms with Crippen LogP contribution in [-0.2, 0) is 4.74 Å². The lowest BCUT2D eigenvalue weighted by Gasteiger charge is -2.35. The van der Waals surface area contributed by atoms with E-state index in [0.29, 0.717) is 61.5 Å². The van der Waals surface area contributed by atoms with Crippen LogP contribution in [0.25, 0.3) is 0 Å². The molecule has 2 heterocycles. The van der Waals surface area contributed by atoms with Crippen LogP contribution in [0.2, 0.25) is 5.02 Å². The molecule has 0 saturated carbocycles. The van der Waals surface area contributed by atoms with Gasteiger partial charge in [0, 0.05) is 38.2 Å². The molecule has 0 aromatic heterocycles. The van der Waals surface area contributed by atoms with Gasteiger partial charge in [-0.15, -0.1) is 0 Å². The summed E-state index contributed by atoms with van der Waals surface area (Å²) in [5.74, 6) is 0.840. The van der Waals surface area contributed by atoms with E-state index in [-0.39, 0.29) is 12.0 Å². The third kappa shape index (κ3) is 4.77. The van der Waals surface area contributed by atoms with Crippen molar-refractivity contribution >= 4 is 23.6 Å². The van der Waals surface area contributed by atoms with Crippen LogP contribution in [-0.4, -0.2) is 66.8 Å². The smallest absolute Gasteiger partial charge is 0.410 e. The summed E-state index contributed by atoms with van der Waals surface area (Å²) in [6, 6.07) is 3.28. The second-order valence-corrected chi connectivity index (χ2v) is 8.00. The highest BCUT2D eigenvalue weighted by Crippen LogP contribution is 2.38. The number of amides is 2. The molecule has 0 spiro atoms. The number of fused-ring (bicyclic) bond motifs is 1. The van der Waals surface area contributed by atoms with Gasteiger partial charge in [-0.25, -0.2) is 4.79 Å². The highest BCUT2D eigenvalue weighted by atomic mass is 35.5. The molecule has 1 saturated heterocycles. The number of benzene rings is 1. The molecular formula is C19H25ClN2O5. The predicted octanol–water partition coefficient (Wildman–Crippen LogP) is 3.19. The Balaban J connectivity index is 1.65. The monoisotopic (exact) mass is 396 g/mol. The first-order chi connectivity index (χ1) is 12.7. The maximum atomic E-state index is 12.9. The van der Waals surface area contributed by atoms with Crippen molar-refractivity contribution in [1.29, 1.82) is 0 Å². The van der Waals surface area contributed by atoms with E-state index < -0.39 is 5.60 Å². The number of rotatable bonds is 1. The topological polar surface area (TPSA) is 68.3 Å². The van der Waals surface area contributed by atoms with Gasteiger partial charge in [0.1, 0.15) is 5.60 Å². The molecule has 7 nitrogen and oxygen atoms in total. The molecule has 1 aromatic rings. The quantitative estimate of drug-likeness (QED) is 0.729. The average Bonchev–Trinajstić information content (AvgIpc) is 2.85. The minimum Gasteiger partial charge on any atom is -0.489 e. The molecule has 0 N–H and O–H groups in total. The molecule has 1 fully saturated rings. The Morgan fingerprint density at radius 2 is 1.67 bits per heavy atom. The van der Waals surface area contributed by atoms with Gasteiger partial charge in [-0.3, -0.25) is 4.79 Å². The SMILES string of the molecule is CC(C)(C)OC(=O)N1CCN(C(=O)c2cc(Cl)c3c(c2)OCCCO3)CC1. The standard InChI is InChI=1S/C19H25ClN2O5/c1-19(2,3)27-18(24)22-7-5-21(6-8-22)17(23)13-11-14(20)16-15(12-13)25-9-4-10-26-16/h11-12H,4-10H2,1-3H3. The summed E-state index contributed by atoms with van der Waals surface area (Å²) in [6.45, 7) is 8.28. The molecule has 148 valence electrons. The number of hydrogen-bond acceptors (Lipinski definition) is 5. The Hall–Kier alpha value is -2.15. The van der Waals surface area contributed by atoms with Gasteiger partial charge < -0.3 is 24.0 Å². The normalized spacial score (nSPS) is 17.3. The van der Waals surface area contributed by atoms with Crippen molar-refractivity contribution in [3.05, 3.63) is 22.7 Å². The maximum Gasteiger partial charge on any atom is 0.410 e. The number of carbonyl (C=O) groups is 2. The van der Waals surface area contributed by atoms with Crippen molar-refractivity contribution in [2.24, 2.45) is 0 Å². The van der Waals surface area contributed by atoms with E-state index in [4.69, 9.17) is 25.8 Å². The molecule has 0 unspecified atom stereocenters. The Morgan fingerprint density at radius 1 is 1.04 bits per heavy atom.